The van der Waals surface area contributed by atoms with Crippen LogP contribution in [0, 0.1) is 17.6 Å². The molecule has 1 amide bonds. The number of methoxy groups -OCH3 is 1. The SMILES string of the molecule is C=CC(=O)Nc1cc(Nc2cc(N3OCC[C@@H]3c3cc(F)cc(F)c3)ncn2)c(OC)cc1N1CCC(N2C[C@H]3CCN(C)[C@H]3C2)CC1. The number of nitrogens with one attached hydrogen (secondary N) is 2. The minimum atomic E-state index is -0.650. The zero-order chi connectivity index (χ0) is 33.4. The minimum absolute atomic E-state index is 0.315. The average Bonchev–Trinajstić information content (AvgIpc) is 3.83. The summed E-state index contributed by atoms with van der Waals surface area (Å²) in [7, 11) is 3.85. The van der Waals surface area contributed by atoms with E-state index in [-0.39, 0.29) is 5.91 Å². The van der Waals surface area contributed by atoms with Gasteiger partial charge in [0.2, 0.25) is 5.91 Å². The van der Waals surface area contributed by atoms with E-state index in [4.69, 9.17) is 9.57 Å². The molecule has 0 radical (unpaired) electrons. The van der Waals surface area contributed by atoms with Gasteiger partial charge < -0.3 is 25.2 Å². The number of nitrogens with zero attached hydrogens (tertiary/aromatic N) is 6. The molecule has 13 heteroatoms. The maximum atomic E-state index is 14.0. The third kappa shape index (κ3) is 6.54. The third-order valence-corrected chi connectivity index (χ3v) is 10.3. The van der Waals surface area contributed by atoms with Gasteiger partial charge in [-0.3, -0.25) is 14.5 Å². The van der Waals surface area contributed by atoms with Gasteiger partial charge in [0.25, 0.3) is 0 Å². The number of carbonyl (C=O) groups is 1. The summed E-state index contributed by atoms with van der Waals surface area (Å²) in [6.45, 7) is 9.28. The van der Waals surface area contributed by atoms with Gasteiger partial charge in [0.05, 0.1) is 36.8 Å². The monoisotopic (exact) mass is 660 g/mol. The molecule has 11 nitrogen and oxygen atoms in total. The number of hydrogen-bond acceptors (Lipinski definition) is 10. The molecule has 0 spiro atoms. The number of ether oxygens (including phenoxy) is 1. The van der Waals surface area contributed by atoms with Crippen LogP contribution in [0.1, 0.15) is 37.3 Å². The van der Waals surface area contributed by atoms with E-state index in [1.165, 1.54) is 44.0 Å². The number of halogens is 2. The first kappa shape index (κ1) is 32.2. The first-order valence-electron chi connectivity index (χ1n) is 16.6. The lowest BCUT2D eigenvalue weighted by Crippen LogP contribution is -2.45. The van der Waals surface area contributed by atoms with Crippen molar-refractivity contribution in [1.82, 2.24) is 19.8 Å². The summed E-state index contributed by atoms with van der Waals surface area (Å²) < 4.78 is 33.9. The second kappa shape index (κ2) is 13.7. The molecule has 254 valence electrons. The Kier molecular flexibility index (Phi) is 9.17. The molecule has 4 saturated heterocycles. The fraction of sp³-hybridized carbons (Fsp3) is 0.457. The summed E-state index contributed by atoms with van der Waals surface area (Å²) in [4.78, 5) is 34.7. The van der Waals surface area contributed by atoms with Crippen molar-refractivity contribution in [2.75, 3.05) is 74.1 Å². The van der Waals surface area contributed by atoms with Crippen LogP contribution in [0.4, 0.5) is 37.5 Å². The highest BCUT2D eigenvalue weighted by Crippen LogP contribution is 2.41. The molecule has 4 aliphatic heterocycles. The van der Waals surface area contributed by atoms with Gasteiger partial charge in [0.1, 0.15) is 29.5 Å². The number of hydrogen-bond donors (Lipinski definition) is 2. The lowest BCUT2D eigenvalue weighted by Gasteiger charge is -2.39. The van der Waals surface area contributed by atoms with Crippen molar-refractivity contribution in [2.45, 2.75) is 43.8 Å². The average molecular weight is 661 g/mol. The molecule has 4 fully saturated rings. The zero-order valence-electron chi connectivity index (χ0n) is 27.4. The first-order chi connectivity index (χ1) is 23.3. The molecule has 0 unspecified atom stereocenters. The van der Waals surface area contributed by atoms with Crippen molar-refractivity contribution in [1.29, 1.82) is 0 Å². The molecule has 0 bridgehead atoms. The molecule has 0 aliphatic carbocycles. The molecule has 7 rings (SSSR count). The number of likely N-dealkylation sites (N-methyl/N-ethyl adjacent to an activating group) is 1. The van der Waals surface area contributed by atoms with Gasteiger partial charge >= 0.3 is 0 Å². The molecule has 3 atom stereocenters. The van der Waals surface area contributed by atoms with Gasteiger partial charge in [-0.15, -0.1) is 0 Å². The Morgan fingerprint density at radius 2 is 1.79 bits per heavy atom. The predicted molar refractivity (Wildman–Crippen MR) is 181 cm³/mol. The van der Waals surface area contributed by atoms with Crippen LogP contribution in [-0.2, 0) is 9.63 Å². The second-order valence-electron chi connectivity index (χ2n) is 13.1. The van der Waals surface area contributed by atoms with Crippen molar-refractivity contribution >= 4 is 34.6 Å². The highest BCUT2D eigenvalue weighted by Gasteiger charge is 2.42. The maximum absolute atomic E-state index is 14.0. The van der Waals surface area contributed by atoms with E-state index < -0.39 is 17.7 Å². The van der Waals surface area contributed by atoms with Gasteiger partial charge in [0.15, 0.2) is 5.82 Å². The largest absolute Gasteiger partial charge is 0.494 e. The molecular formula is C35H42F2N8O3. The topological polar surface area (TPSA) is 98.3 Å². The van der Waals surface area contributed by atoms with Crippen molar-refractivity contribution < 1.29 is 23.1 Å². The third-order valence-electron chi connectivity index (χ3n) is 10.3. The number of anilines is 5. The van der Waals surface area contributed by atoms with Crippen molar-refractivity contribution in [3.8, 4) is 5.75 Å². The fourth-order valence-corrected chi connectivity index (χ4v) is 7.80. The Bertz CT molecular complexity index is 1650. The summed E-state index contributed by atoms with van der Waals surface area (Å²) in [5, 5.41) is 7.84. The van der Waals surface area contributed by atoms with E-state index in [2.05, 4.69) is 48.9 Å². The van der Waals surface area contributed by atoms with E-state index >= 15 is 0 Å². The van der Waals surface area contributed by atoms with E-state index in [1.54, 1.807) is 18.2 Å². The quantitative estimate of drug-likeness (QED) is 0.301. The van der Waals surface area contributed by atoms with Crippen LogP contribution in [0.25, 0.3) is 0 Å². The Balaban J connectivity index is 1.10. The Hall–Kier alpha value is -4.33. The number of rotatable bonds is 9. The predicted octanol–water partition coefficient (Wildman–Crippen LogP) is 5.12. The second-order valence-corrected chi connectivity index (χ2v) is 13.1. The number of hydroxylamine groups is 1. The summed E-state index contributed by atoms with van der Waals surface area (Å²) in [5.41, 5.74) is 2.55. The first-order valence-corrected chi connectivity index (χ1v) is 16.6. The summed E-state index contributed by atoms with van der Waals surface area (Å²) in [6, 6.07) is 9.74. The molecule has 0 saturated carbocycles. The fourth-order valence-electron chi connectivity index (χ4n) is 7.80. The van der Waals surface area contributed by atoms with Crippen LogP contribution in [-0.4, -0.2) is 91.2 Å². The molecule has 4 aliphatic rings. The molecule has 3 aromatic rings. The summed E-state index contributed by atoms with van der Waals surface area (Å²) in [6.07, 6.45) is 6.56. The number of aromatic nitrogens is 2. The number of carbonyl (C=O) groups excluding carboxylic acids is 1. The smallest absolute Gasteiger partial charge is 0.247 e. The lowest BCUT2D eigenvalue weighted by molar-refractivity contribution is -0.111. The van der Waals surface area contributed by atoms with E-state index in [0.717, 1.165) is 50.1 Å². The molecule has 1 aromatic heterocycles. The summed E-state index contributed by atoms with van der Waals surface area (Å²) >= 11 is 0. The Morgan fingerprint density at radius 3 is 2.52 bits per heavy atom. The van der Waals surface area contributed by atoms with Crippen LogP contribution in [0.5, 0.6) is 5.75 Å². The lowest BCUT2D eigenvalue weighted by atomic mass is 10.0. The number of piperidine rings is 1. The zero-order valence-corrected chi connectivity index (χ0v) is 27.4. The Morgan fingerprint density at radius 1 is 1.00 bits per heavy atom. The van der Waals surface area contributed by atoms with Crippen LogP contribution in [0.3, 0.4) is 0 Å². The minimum Gasteiger partial charge on any atom is -0.494 e. The van der Waals surface area contributed by atoms with Gasteiger partial charge in [-0.1, -0.05) is 6.58 Å². The van der Waals surface area contributed by atoms with Crippen molar-refractivity contribution in [2.24, 2.45) is 5.92 Å². The van der Waals surface area contributed by atoms with Crippen LogP contribution in [0.15, 0.2) is 55.4 Å². The van der Waals surface area contributed by atoms with Crippen molar-refractivity contribution in [3.63, 3.8) is 0 Å². The van der Waals surface area contributed by atoms with Crippen LogP contribution < -0.4 is 25.3 Å². The number of benzene rings is 2. The maximum Gasteiger partial charge on any atom is 0.247 e. The van der Waals surface area contributed by atoms with E-state index in [0.29, 0.717) is 59.4 Å². The molecule has 2 N–H and O–H groups in total. The van der Waals surface area contributed by atoms with Gasteiger partial charge in [-0.2, -0.15) is 0 Å². The van der Waals surface area contributed by atoms with Crippen molar-refractivity contribution in [3.05, 3.63) is 72.6 Å². The van der Waals surface area contributed by atoms with E-state index in [9.17, 15) is 13.6 Å². The Labute approximate surface area is 279 Å². The van der Waals surface area contributed by atoms with Crippen LogP contribution in [0.2, 0.25) is 0 Å². The highest BCUT2D eigenvalue weighted by atomic mass is 19.1. The van der Waals surface area contributed by atoms with Gasteiger partial charge in [-0.05, 0) is 68.6 Å². The summed E-state index contributed by atoms with van der Waals surface area (Å²) in [5.74, 6) is 0.604. The number of likely N-dealkylation sites (tertiary alicyclic amines) is 2. The molecule has 2 aromatic carbocycles. The molecular weight excluding hydrogens is 618 g/mol. The highest BCUT2D eigenvalue weighted by molar-refractivity contribution is 6.02. The van der Waals surface area contributed by atoms with Gasteiger partial charge in [0, 0.05) is 62.9 Å². The molecule has 5 heterocycles. The number of amides is 1. The standard InChI is InChI=1S/C35H42F2N8O3/c1-4-35(46)41-27-16-28(40-33-18-34(39-21-38-33)45-29(8-12-48-45)23-13-24(36)15-25(37)14-23)32(47-3)17-30(27)43-10-6-26(7-11-43)44-19-22-5-9-42(2)31(22)20-44/h4,13-18,21-22,26,29,31H,1,5-12,19-20H2,2-3H3,(H,41,46)(H,38,39,40)/t22-,29-,31+/m1/s1. The van der Waals surface area contributed by atoms with E-state index in [1.807, 2.05) is 12.1 Å². The number of fused-ring (bicyclic) bond motifs is 1. The van der Waals surface area contributed by atoms with Gasteiger partial charge in [-0.25, -0.2) is 23.8 Å². The van der Waals surface area contributed by atoms with Crippen LogP contribution >= 0.6 is 0 Å². The normalized spacial score (nSPS) is 23.4. The molecule has 48 heavy (non-hydrogen) atoms.